The van der Waals surface area contributed by atoms with Crippen LogP contribution in [0.2, 0.25) is 0 Å². The summed E-state index contributed by atoms with van der Waals surface area (Å²) in [5.41, 5.74) is 18.9. The van der Waals surface area contributed by atoms with E-state index in [0.29, 0.717) is 0 Å². The maximum atomic E-state index is 5.80. The molecule has 0 bridgehead atoms. The number of ether oxygens (including phenoxy) is 4. The summed E-state index contributed by atoms with van der Waals surface area (Å²) in [5, 5.41) is 17.7. The van der Waals surface area contributed by atoms with Gasteiger partial charge >= 0.3 is 0 Å². The minimum atomic E-state index is -1.09. The molecule has 15 aromatic carbocycles. The van der Waals surface area contributed by atoms with Crippen molar-refractivity contribution >= 4 is 110 Å². The van der Waals surface area contributed by atoms with E-state index in [2.05, 4.69) is 340 Å². The van der Waals surface area contributed by atoms with E-state index < -0.39 is 23.8 Å². The third kappa shape index (κ3) is 26.6. The Balaban J connectivity index is 0.000000164. The fourth-order valence-corrected chi connectivity index (χ4v) is 24.9. The van der Waals surface area contributed by atoms with Gasteiger partial charge in [-0.3, -0.25) is 0 Å². The molecule has 0 saturated carbocycles. The van der Waals surface area contributed by atoms with Crippen LogP contribution in [0.5, 0.6) is 23.0 Å². The van der Waals surface area contributed by atoms with Crippen molar-refractivity contribution < 1.29 is 18.9 Å². The van der Waals surface area contributed by atoms with E-state index in [0.717, 1.165) is 67.2 Å². The monoisotopic (exact) mass is 1630 g/mol. The highest BCUT2D eigenvalue weighted by atomic mass is 31.1. The average molecular weight is 1630 g/mol. The highest BCUT2D eigenvalue weighted by Gasteiger charge is 2.32. The van der Waals surface area contributed by atoms with Crippen LogP contribution in [0.3, 0.4) is 0 Å². The molecule has 15 aromatic rings. The topological polar surface area (TPSA) is 36.9 Å². The third-order valence-electron chi connectivity index (χ3n) is 19.5. The van der Waals surface area contributed by atoms with Crippen molar-refractivity contribution in [2.24, 2.45) is 0 Å². The van der Waals surface area contributed by atoms with E-state index in [9.17, 15) is 0 Å². The summed E-state index contributed by atoms with van der Waals surface area (Å²) in [4.78, 5) is 0. The standard InChI is InChI=1S/C27H33P.C24H27O4P.C18H15P.C14H15P.C13H13P.2C6H6/c1-16-10-19(4)25(20(5)11-16)28(26-21(6)12-17(2)13-22(26)7)27-23(8)14-18(3)15-24(27)9;1-16-10-7-12-18(25-3)22(16)29(23-17(2)11-8-13-19(23)26-4)24-20(27-5)14-9-15-21(24)28-6;1-4-10-16(11-5-1)19(17-12-6-2-7-13-17)18-14-8-3-9-15-18;1-11-3-7-13(8-4-11)15-14-9-5-12(2)6-10-14;1-11-7-5-6-10-13(11)14-12-8-3-2-4-9-12;2*1-2-4-6-5-3-1/h10-15H,1-9H3;7-15H,1-6H3;1-15H;3-10,15H,1-2H3;2-10,14H,1H3;2*1-6H. The van der Waals surface area contributed by atoms with Gasteiger partial charge in [-0.05, 0) is 240 Å². The quantitative estimate of drug-likeness (QED) is 0.0852. The lowest BCUT2D eigenvalue weighted by molar-refractivity contribution is 0.400. The first-order chi connectivity index (χ1) is 56.7. The summed E-state index contributed by atoms with van der Waals surface area (Å²) < 4.78 is 23.2. The van der Waals surface area contributed by atoms with Crippen molar-refractivity contribution in [3.05, 3.63) is 436 Å². The number of aryl methyl sites for hydroxylation is 14. The van der Waals surface area contributed by atoms with Crippen LogP contribution < -0.4 is 87.9 Å². The Morgan fingerprint density at radius 2 is 0.419 bits per heavy atom. The first-order valence-corrected chi connectivity index (χ1v) is 45.8. The van der Waals surface area contributed by atoms with Gasteiger partial charge in [-0.1, -0.05) is 379 Å². The molecular formula is C108H115O4P5. The van der Waals surface area contributed by atoms with Crippen molar-refractivity contribution in [3.8, 4) is 23.0 Å². The summed E-state index contributed by atoms with van der Waals surface area (Å²) in [6.07, 6.45) is 0. The molecule has 15 rings (SSSR count). The van der Waals surface area contributed by atoms with Gasteiger partial charge in [-0.15, -0.1) is 0 Å². The van der Waals surface area contributed by atoms with Crippen LogP contribution >= 0.6 is 40.9 Å². The largest absolute Gasteiger partial charge is 0.496 e. The van der Waals surface area contributed by atoms with Gasteiger partial charge in [0.15, 0.2) is 0 Å². The SMILES string of the molecule is COc1cccc(C)c1P(c1c(C)cccc1OC)c1c(OC)cccc1OC.Cc1cc(C)c(P(c2c(C)cc(C)cc2C)c2c(C)cc(C)cc2C)c(C)c1.Cc1ccc(Pc2ccc(C)cc2)cc1.Cc1ccccc1Pc1ccccc1.c1ccc(P(c2ccccc2)c2ccccc2)cc1.c1ccccc1.c1ccccc1. The molecule has 0 spiro atoms. The van der Waals surface area contributed by atoms with Crippen LogP contribution in [0.15, 0.2) is 358 Å². The highest BCUT2D eigenvalue weighted by molar-refractivity contribution is 7.81. The first kappa shape index (κ1) is 90.6. The molecule has 1 unspecified atom stereocenters. The predicted molar refractivity (Wildman–Crippen MR) is 522 cm³/mol. The Hall–Kier alpha value is -10.4. The maximum absolute atomic E-state index is 5.80. The molecule has 4 nitrogen and oxygen atoms in total. The summed E-state index contributed by atoms with van der Waals surface area (Å²) in [7, 11) is 6.19. The molecule has 596 valence electrons. The lowest BCUT2D eigenvalue weighted by atomic mass is 10.1. The Morgan fingerprint density at radius 1 is 0.179 bits per heavy atom. The molecule has 0 N–H and O–H groups in total. The molecular weight excluding hydrogens is 1520 g/mol. The van der Waals surface area contributed by atoms with Crippen LogP contribution in [-0.4, -0.2) is 28.4 Å². The smallest absolute Gasteiger partial charge is 0.130 e. The van der Waals surface area contributed by atoms with Crippen molar-refractivity contribution in [1.29, 1.82) is 0 Å². The molecule has 0 aliphatic heterocycles. The number of hydrogen-bond acceptors (Lipinski definition) is 4. The lowest BCUT2D eigenvalue weighted by Gasteiger charge is -2.30. The first-order valence-electron chi connectivity index (χ1n) is 39.8. The minimum absolute atomic E-state index is 0.446. The molecule has 1 atom stereocenters. The van der Waals surface area contributed by atoms with Crippen LogP contribution in [-0.2, 0) is 0 Å². The van der Waals surface area contributed by atoms with Gasteiger partial charge in [0.1, 0.15) is 23.0 Å². The lowest BCUT2D eigenvalue weighted by Crippen LogP contribution is -2.30. The van der Waals surface area contributed by atoms with E-state index in [1.54, 1.807) is 28.4 Å². The normalized spacial score (nSPS) is 10.5. The van der Waals surface area contributed by atoms with E-state index in [4.69, 9.17) is 18.9 Å². The Bertz CT molecular complexity index is 4990. The molecule has 0 radical (unpaired) electrons. The van der Waals surface area contributed by atoms with Crippen molar-refractivity contribution in [2.45, 2.75) is 96.9 Å². The number of methoxy groups -OCH3 is 4. The highest BCUT2D eigenvalue weighted by Crippen LogP contribution is 2.47. The molecule has 117 heavy (non-hydrogen) atoms. The molecule has 0 amide bonds. The molecule has 0 heterocycles. The van der Waals surface area contributed by atoms with E-state index >= 15 is 0 Å². The number of benzene rings is 15. The molecule has 0 aliphatic carbocycles. The zero-order valence-corrected chi connectivity index (χ0v) is 76.2. The average Bonchev–Trinajstić information content (AvgIpc) is 0.759. The fourth-order valence-electron chi connectivity index (χ4n) is 14.2. The summed E-state index contributed by atoms with van der Waals surface area (Å²) >= 11 is 0. The predicted octanol–water partition coefficient (Wildman–Crippen LogP) is 22.7. The zero-order valence-electron chi connectivity index (χ0n) is 71.5. The van der Waals surface area contributed by atoms with Gasteiger partial charge in [0.25, 0.3) is 0 Å². The molecule has 0 aromatic heterocycles. The number of hydrogen-bond donors (Lipinski definition) is 0. The van der Waals surface area contributed by atoms with Crippen LogP contribution in [0.4, 0.5) is 0 Å². The second kappa shape index (κ2) is 47.2. The second-order valence-electron chi connectivity index (χ2n) is 29.0. The van der Waals surface area contributed by atoms with Gasteiger partial charge in [-0.2, -0.15) is 0 Å². The van der Waals surface area contributed by atoms with Crippen LogP contribution in [0.25, 0.3) is 0 Å². The summed E-state index contributed by atoms with van der Waals surface area (Å²) in [5.74, 6) is 3.25. The number of rotatable bonds is 17. The molecule has 0 fully saturated rings. The second-order valence-corrected chi connectivity index (χ2v) is 38.0. The van der Waals surface area contributed by atoms with Crippen LogP contribution in [0.1, 0.15) is 77.9 Å². The minimum Gasteiger partial charge on any atom is -0.496 e. The van der Waals surface area contributed by atoms with Crippen LogP contribution in [0, 0.1) is 96.9 Å². The van der Waals surface area contributed by atoms with Crippen molar-refractivity contribution in [1.82, 2.24) is 0 Å². The Morgan fingerprint density at radius 3 is 0.718 bits per heavy atom. The zero-order chi connectivity index (χ0) is 83.6. The van der Waals surface area contributed by atoms with Gasteiger partial charge < -0.3 is 18.9 Å². The molecule has 9 heteroatoms. The van der Waals surface area contributed by atoms with Crippen molar-refractivity contribution in [3.63, 3.8) is 0 Å². The van der Waals surface area contributed by atoms with Gasteiger partial charge in [-0.25, -0.2) is 0 Å². The third-order valence-corrected chi connectivity index (χ3v) is 31.0. The maximum Gasteiger partial charge on any atom is 0.130 e. The van der Waals surface area contributed by atoms with Gasteiger partial charge in [0, 0.05) is 18.5 Å². The van der Waals surface area contributed by atoms with Gasteiger partial charge in [0.05, 0.1) is 33.7 Å². The summed E-state index contributed by atoms with van der Waals surface area (Å²) in [6.45, 7) is 31.0. The Labute approximate surface area is 708 Å². The van der Waals surface area contributed by atoms with E-state index in [1.807, 2.05) is 115 Å². The van der Waals surface area contributed by atoms with E-state index in [1.165, 1.54) is 120 Å². The Kier molecular flexibility index (Phi) is 36.5. The van der Waals surface area contributed by atoms with Gasteiger partial charge in [0.2, 0.25) is 0 Å². The molecule has 0 aliphatic rings. The summed E-state index contributed by atoms with van der Waals surface area (Å²) in [6, 6.07) is 125. The van der Waals surface area contributed by atoms with E-state index in [-0.39, 0.29) is 0 Å². The fraction of sp³-hybridized carbons (Fsp3) is 0.167. The van der Waals surface area contributed by atoms with Crippen molar-refractivity contribution in [2.75, 3.05) is 28.4 Å². The molecule has 0 saturated heterocycles.